The van der Waals surface area contributed by atoms with Gasteiger partial charge in [-0.2, -0.15) is 0 Å². The van der Waals surface area contributed by atoms with Crippen molar-refractivity contribution in [3.05, 3.63) is 28.2 Å². The molecule has 2 nitrogen and oxygen atoms in total. The summed E-state index contributed by atoms with van der Waals surface area (Å²) >= 11 is 3.00. The predicted molar refractivity (Wildman–Crippen MR) is 60.2 cm³/mol. The molecule has 86 valence electrons. The van der Waals surface area contributed by atoms with E-state index in [1.807, 2.05) is 0 Å². The van der Waals surface area contributed by atoms with Crippen molar-refractivity contribution in [3.63, 3.8) is 0 Å². The lowest BCUT2D eigenvalue weighted by molar-refractivity contribution is -0.119. The van der Waals surface area contributed by atoms with E-state index in [0.717, 1.165) is 12.1 Å². The number of nitrogens with zero attached hydrogens (tertiary/aromatic N) is 1. The van der Waals surface area contributed by atoms with Crippen molar-refractivity contribution in [2.45, 2.75) is 13.3 Å². The third-order valence-electron chi connectivity index (χ3n) is 2.72. The van der Waals surface area contributed by atoms with E-state index in [1.165, 1.54) is 4.90 Å². The van der Waals surface area contributed by atoms with Crippen molar-refractivity contribution >= 4 is 27.5 Å². The van der Waals surface area contributed by atoms with Crippen LogP contribution in [0.15, 0.2) is 16.6 Å². The summed E-state index contributed by atoms with van der Waals surface area (Å²) in [4.78, 5) is 12.9. The summed E-state index contributed by atoms with van der Waals surface area (Å²) in [7, 11) is 0. The minimum atomic E-state index is -0.714. The SMILES string of the molecule is CC1CCN(c2c(F)cc(Br)cc2F)C1=O. The number of amides is 1. The molecule has 1 aliphatic rings. The van der Waals surface area contributed by atoms with Crippen LogP contribution in [0.25, 0.3) is 0 Å². The fourth-order valence-electron chi connectivity index (χ4n) is 1.84. The van der Waals surface area contributed by atoms with Crippen LogP contribution in [0, 0.1) is 17.6 Å². The topological polar surface area (TPSA) is 20.3 Å². The van der Waals surface area contributed by atoms with Crippen LogP contribution >= 0.6 is 15.9 Å². The molecule has 0 radical (unpaired) electrons. The fourth-order valence-corrected chi connectivity index (χ4v) is 2.24. The molecular formula is C11H10BrF2NO. The van der Waals surface area contributed by atoms with Crippen molar-refractivity contribution in [3.8, 4) is 0 Å². The summed E-state index contributed by atoms with van der Waals surface area (Å²) in [5, 5.41) is 0. The third kappa shape index (κ3) is 1.84. The first-order valence-corrected chi connectivity index (χ1v) is 5.76. The zero-order chi connectivity index (χ0) is 11.9. The number of hydrogen-bond donors (Lipinski definition) is 0. The molecule has 0 aromatic heterocycles. The maximum absolute atomic E-state index is 13.6. The molecular weight excluding hydrogens is 280 g/mol. The van der Waals surface area contributed by atoms with Crippen molar-refractivity contribution in [1.29, 1.82) is 0 Å². The Bertz CT molecular complexity index is 427. The Hall–Kier alpha value is -0.970. The van der Waals surface area contributed by atoms with E-state index in [4.69, 9.17) is 0 Å². The molecule has 1 aliphatic heterocycles. The van der Waals surface area contributed by atoms with Gasteiger partial charge in [0.25, 0.3) is 0 Å². The molecule has 0 N–H and O–H groups in total. The van der Waals surface area contributed by atoms with E-state index in [9.17, 15) is 13.6 Å². The molecule has 16 heavy (non-hydrogen) atoms. The largest absolute Gasteiger partial charge is 0.307 e. The first-order valence-electron chi connectivity index (χ1n) is 4.96. The van der Waals surface area contributed by atoms with Crippen LogP contribution in [-0.4, -0.2) is 12.5 Å². The number of carbonyl (C=O) groups is 1. The van der Waals surface area contributed by atoms with E-state index in [2.05, 4.69) is 15.9 Å². The molecule has 1 aromatic rings. The normalized spacial score (nSPS) is 20.6. The number of hydrogen-bond acceptors (Lipinski definition) is 1. The fraction of sp³-hybridized carbons (Fsp3) is 0.364. The lowest BCUT2D eigenvalue weighted by atomic mass is 10.1. The van der Waals surface area contributed by atoms with Crippen molar-refractivity contribution in [2.24, 2.45) is 5.92 Å². The Labute approximate surface area is 100 Å². The third-order valence-corrected chi connectivity index (χ3v) is 3.18. The average Bonchev–Trinajstić information content (AvgIpc) is 2.48. The number of anilines is 1. The highest BCUT2D eigenvalue weighted by Crippen LogP contribution is 2.31. The monoisotopic (exact) mass is 289 g/mol. The minimum absolute atomic E-state index is 0.164. The van der Waals surface area contributed by atoms with Crippen molar-refractivity contribution < 1.29 is 13.6 Å². The molecule has 1 atom stereocenters. The molecule has 5 heteroatoms. The molecule has 0 saturated carbocycles. The molecule has 1 fully saturated rings. The molecule has 0 bridgehead atoms. The second-order valence-electron chi connectivity index (χ2n) is 3.90. The van der Waals surface area contributed by atoms with Gasteiger partial charge in [-0.25, -0.2) is 8.78 Å². The Balaban J connectivity index is 2.45. The van der Waals surface area contributed by atoms with Gasteiger partial charge in [0.15, 0.2) is 11.6 Å². The summed E-state index contributed by atoms with van der Waals surface area (Å²) in [6.45, 7) is 2.13. The van der Waals surface area contributed by atoms with Gasteiger partial charge < -0.3 is 4.90 Å². The van der Waals surface area contributed by atoms with E-state index >= 15 is 0 Å². The average molecular weight is 290 g/mol. The van der Waals surface area contributed by atoms with Gasteiger partial charge in [-0.15, -0.1) is 0 Å². The molecule has 0 aliphatic carbocycles. The first kappa shape index (κ1) is 11.5. The van der Waals surface area contributed by atoms with Crippen LogP contribution in [0.2, 0.25) is 0 Å². The Morgan fingerprint density at radius 1 is 1.38 bits per heavy atom. The second-order valence-corrected chi connectivity index (χ2v) is 4.81. The van der Waals surface area contributed by atoms with Crippen LogP contribution in [0.3, 0.4) is 0 Å². The lowest BCUT2D eigenvalue weighted by Gasteiger charge is -2.18. The van der Waals surface area contributed by atoms with Gasteiger partial charge in [0.2, 0.25) is 5.91 Å². The summed E-state index contributed by atoms with van der Waals surface area (Å²) < 4.78 is 27.5. The summed E-state index contributed by atoms with van der Waals surface area (Å²) in [5.74, 6) is -1.81. The quantitative estimate of drug-likeness (QED) is 0.778. The summed E-state index contributed by atoms with van der Waals surface area (Å²) in [6.07, 6.45) is 0.633. The summed E-state index contributed by atoms with van der Waals surface area (Å²) in [6, 6.07) is 2.32. The number of benzene rings is 1. The van der Waals surface area contributed by atoms with Gasteiger partial charge in [0.1, 0.15) is 5.69 Å². The summed E-state index contributed by atoms with van der Waals surface area (Å²) in [5.41, 5.74) is -0.238. The van der Waals surface area contributed by atoms with Crippen LogP contribution in [-0.2, 0) is 4.79 Å². The highest BCUT2D eigenvalue weighted by Gasteiger charge is 2.32. The van der Waals surface area contributed by atoms with E-state index in [-0.39, 0.29) is 17.5 Å². The molecule has 1 aromatic carbocycles. The van der Waals surface area contributed by atoms with Crippen LogP contribution in [0.1, 0.15) is 13.3 Å². The Morgan fingerprint density at radius 2 is 1.94 bits per heavy atom. The van der Waals surface area contributed by atoms with Crippen molar-refractivity contribution in [2.75, 3.05) is 11.4 Å². The van der Waals surface area contributed by atoms with E-state index in [0.29, 0.717) is 17.4 Å². The van der Waals surface area contributed by atoms with Crippen LogP contribution in [0.5, 0.6) is 0 Å². The zero-order valence-electron chi connectivity index (χ0n) is 8.64. The van der Waals surface area contributed by atoms with Gasteiger partial charge in [-0.3, -0.25) is 4.79 Å². The highest BCUT2D eigenvalue weighted by molar-refractivity contribution is 9.10. The maximum atomic E-state index is 13.6. The van der Waals surface area contributed by atoms with Crippen LogP contribution in [0.4, 0.5) is 14.5 Å². The Morgan fingerprint density at radius 3 is 2.38 bits per heavy atom. The highest BCUT2D eigenvalue weighted by atomic mass is 79.9. The Kier molecular flexibility index (Phi) is 2.97. The first-order chi connectivity index (χ1) is 7.50. The standard InChI is InChI=1S/C11H10BrF2NO/c1-6-2-3-15(11(6)16)10-8(13)4-7(12)5-9(10)14/h4-6H,2-3H2,1H3. The second kappa shape index (κ2) is 4.13. The molecule has 1 heterocycles. The van der Waals surface area contributed by atoms with E-state index in [1.54, 1.807) is 6.92 Å². The number of carbonyl (C=O) groups excluding carboxylic acids is 1. The predicted octanol–water partition coefficient (Wildman–Crippen LogP) is 3.10. The van der Waals surface area contributed by atoms with Crippen LogP contribution < -0.4 is 4.90 Å². The molecule has 0 spiro atoms. The zero-order valence-corrected chi connectivity index (χ0v) is 10.2. The lowest BCUT2D eigenvalue weighted by Crippen LogP contribution is -2.28. The van der Waals surface area contributed by atoms with Gasteiger partial charge >= 0.3 is 0 Å². The van der Waals surface area contributed by atoms with Gasteiger partial charge in [-0.05, 0) is 18.6 Å². The molecule has 1 amide bonds. The van der Waals surface area contributed by atoms with Gasteiger partial charge in [-0.1, -0.05) is 22.9 Å². The number of rotatable bonds is 1. The maximum Gasteiger partial charge on any atom is 0.230 e. The molecule has 1 unspecified atom stereocenters. The van der Waals surface area contributed by atoms with Gasteiger partial charge in [0, 0.05) is 16.9 Å². The van der Waals surface area contributed by atoms with E-state index < -0.39 is 11.6 Å². The smallest absolute Gasteiger partial charge is 0.230 e. The van der Waals surface area contributed by atoms with Crippen molar-refractivity contribution in [1.82, 2.24) is 0 Å². The van der Waals surface area contributed by atoms with Gasteiger partial charge in [0.05, 0.1) is 0 Å². The molecule has 1 saturated heterocycles. The minimum Gasteiger partial charge on any atom is -0.307 e. The number of halogens is 3. The molecule has 2 rings (SSSR count).